The van der Waals surface area contributed by atoms with E-state index in [9.17, 15) is 4.79 Å². The third-order valence-electron chi connectivity index (χ3n) is 1.34. The highest BCUT2D eigenvalue weighted by molar-refractivity contribution is 6.68. The highest BCUT2D eigenvalue weighted by atomic mass is 35.5. The van der Waals surface area contributed by atoms with Crippen molar-refractivity contribution < 1.29 is 4.79 Å². The number of carbonyl (C=O) groups excluding carboxylic acids is 1. The zero-order valence-electron chi connectivity index (χ0n) is 5.93. The van der Waals surface area contributed by atoms with Crippen molar-refractivity contribution in [2.24, 2.45) is 0 Å². The third-order valence-corrected chi connectivity index (χ3v) is 2.36. The van der Waals surface area contributed by atoms with Gasteiger partial charge in [-0.1, -0.05) is 23.7 Å². The summed E-state index contributed by atoms with van der Waals surface area (Å²) in [6, 6.07) is 6.73. The van der Waals surface area contributed by atoms with Gasteiger partial charge < -0.3 is 0 Å². The third kappa shape index (κ3) is 2.37. The molecule has 0 saturated carbocycles. The van der Waals surface area contributed by atoms with Crippen molar-refractivity contribution >= 4 is 40.0 Å². The molecule has 0 aliphatic rings. The molecule has 0 spiro atoms. The van der Waals surface area contributed by atoms with E-state index in [0.29, 0.717) is 10.6 Å². The average Bonchev–Trinajstić information content (AvgIpc) is 2.03. The molecule has 0 saturated heterocycles. The van der Waals surface area contributed by atoms with Crippen molar-refractivity contribution in [3.8, 4) is 0 Å². The smallest absolute Gasteiger partial charge is 0.244 e. The minimum atomic E-state index is -0.814. The quantitative estimate of drug-likeness (QED) is 0.555. The average molecular weight is 223 g/mol. The molecule has 0 fully saturated rings. The number of halogens is 3. The molecule has 0 bridgehead atoms. The van der Waals surface area contributed by atoms with Crippen LogP contribution in [-0.2, 0) is 4.79 Å². The number of alkyl halides is 1. The van der Waals surface area contributed by atoms with Gasteiger partial charge in [0.25, 0.3) is 0 Å². The van der Waals surface area contributed by atoms with Crippen molar-refractivity contribution in [3.05, 3.63) is 34.9 Å². The second-order valence-electron chi connectivity index (χ2n) is 2.22. The first-order valence-electron chi connectivity index (χ1n) is 3.20. The number of hydrogen-bond donors (Lipinski definition) is 0. The summed E-state index contributed by atoms with van der Waals surface area (Å²) >= 11 is 16.6. The Morgan fingerprint density at radius 1 is 1.42 bits per heavy atom. The van der Waals surface area contributed by atoms with Crippen LogP contribution in [0.4, 0.5) is 0 Å². The van der Waals surface area contributed by atoms with Gasteiger partial charge >= 0.3 is 0 Å². The molecule has 0 heterocycles. The molecule has 0 radical (unpaired) electrons. The van der Waals surface area contributed by atoms with E-state index in [-0.39, 0.29) is 0 Å². The zero-order valence-corrected chi connectivity index (χ0v) is 8.20. The van der Waals surface area contributed by atoms with Crippen LogP contribution in [0.15, 0.2) is 24.3 Å². The summed E-state index contributed by atoms with van der Waals surface area (Å²) in [5.74, 6) is 0. The van der Waals surface area contributed by atoms with Gasteiger partial charge in [0.1, 0.15) is 5.38 Å². The Morgan fingerprint density at radius 3 is 2.58 bits per heavy atom. The van der Waals surface area contributed by atoms with E-state index < -0.39 is 10.6 Å². The molecule has 0 N–H and O–H groups in total. The Balaban J connectivity index is 2.95. The minimum absolute atomic E-state index is 0.538. The van der Waals surface area contributed by atoms with Gasteiger partial charge in [0.05, 0.1) is 0 Å². The molecule has 4 heteroatoms. The second-order valence-corrected chi connectivity index (χ2v) is 3.47. The lowest BCUT2D eigenvalue weighted by Gasteiger charge is -2.03. The molecule has 1 unspecified atom stereocenters. The van der Waals surface area contributed by atoms with E-state index in [2.05, 4.69) is 0 Å². The van der Waals surface area contributed by atoms with Crippen molar-refractivity contribution in [1.82, 2.24) is 0 Å². The van der Waals surface area contributed by atoms with Gasteiger partial charge in [-0.2, -0.15) is 0 Å². The molecule has 0 aliphatic carbocycles. The first-order chi connectivity index (χ1) is 5.61. The molecule has 1 nitrogen and oxygen atoms in total. The Labute approximate surface area is 85.2 Å². The number of hydrogen-bond acceptors (Lipinski definition) is 1. The van der Waals surface area contributed by atoms with Gasteiger partial charge in [0.15, 0.2) is 0 Å². The van der Waals surface area contributed by atoms with Gasteiger partial charge in [-0.3, -0.25) is 4.79 Å². The summed E-state index contributed by atoms with van der Waals surface area (Å²) in [5.41, 5.74) is 0.615. The molecule has 0 aromatic heterocycles. The standard InChI is InChI=1S/C8H5Cl3O/c9-6-3-1-2-5(4-6)7(10)8(11)12/h1-4,7H. The van der Waals surface area contributed by atoms with E-state index in [1.54, 1.807) is 24.3 Å². The molecule has 0 aliphatic heterocycles. The molecule has 12 heavy (non-hydrogen) atoms. The topological polar surface area (TPSA) is 17.1 Å². The van der Waals surface area contributed by atoms with Crippen LogP contribution in [0.3, 0.4) is 0 Å². The summed E-state index contributed by atoms with van der Waals surface area (Å²) in [6.45, 7) is 0. The van der Waals surface area contributed by atoms with E-state index in [1.165, 1.54) is 0 Å². The lowest BCUT2D eigenvalue weighted by Crippen LogP contribution is -1.98. The van der Waals surface area contributed by atoms with Crippen LogP contribution in [0, 0.1) is 0 Å². The number of rotatable bonds is 2. The SMILES string of the molecule is O=C(Cl)C(Cl)c1cccc(Cl)c1. The minimum Gasteiger partial charge on any atom is -0.279 e. The van der Waals surface area contributed by atoms with Crippen molar-refractivity contribution in [2.45, 2.75) is 5.38 Å². The maximum absolute atomic E-state index is 10.6. The molecular weight excluding hydrogens is 218 g/mol. The Hall–Kier alpha value is -0.240. The van der Waals surface area contributed by atoms with E-state index in [4.69, 9.17) is 34.8 Å². The monoisotopic (exact) mass is 222 g/mol. The van der Waals surface area contributed by atoms with Crippen LogP contribution in [0.1, 0.15) is 10.9 Å². The fraction of sp³-hybridized carbons (Fsp3) is 0.125. The van der Waals surface area contributed by atoms with Gasteiger partial charge in [0.2, 0.25) is 5.24 Å². The molecule has 1 rings (SSSR count). The predicted molar refractivity (Wildman–Crippen MR) is 50.9 cm³/mol. The maximum atomic E-state index is 10.6. The van der Waals surface area contributed by atoms with Crippen molar-refractivity contribution in [1.29, 1.82) is 0 Å². The zero-order chi connectivity index (χ0) is 9.14. The van der Waals surface area contributed by atoms with Crippen LogP contribution in [0.5, 0.6) is 0 Å². The lowest BCUT2D eigenvalue weighted by atomic mass is 10.2. The number of benzene rings is 1. The first-order valence-corrected chi connectivity index (χ1v) is 4.39. The highest BCUT2D eigenvalue weighted by Crippen LogP contribution is 2.24. The number of carbonyl (C=O) groups is 1. The molecule has 1 aromatic rings. The lowest BCUT2D eigenvalue weighted by molar-refractivity contribution is -0.111. The Bertz CT molecular complexity index is 298. The van der Waals surface area contributed by atoms with Gasteiger partial charge in [-0.25, -0.2) is 0 Å². The Kier molecular flexibility index (Phi) is 3.39. The first kappa shape index (κ1) is 9.85. The van der Waals surface area contributed by atoms with Crippen LogP contribution < -0.4 is 0 Å². The molecule has 0 amide bonds. The summed E-state index contributed by atoms with van der Waals surface area (Å²) in [6.07, 6.45) is 0. The van der Waals surface area contributed by atoms with Crippen molar-refractivity contribution in [2.75, 3.05) is 0 Å². The fourth-order valence-corrected chi connectivity index (χ4v) is 1.26. The van der Waals surface area contributed by atoms with E-state index >= 15 is 0 Å². The van der Waals surface area contributed by atoms with E-state index in [0.717, 1.165) is 0 Å². The molecular formula is C8H5Cl3O. The van der Waals surface area contributed by atoms with Crippen LogP contribution >= 0.6 is 34.8 Å². The van der Waals surface area contributed by atoms with Crippen LogP contribution in [0.25, 0.3) is 0 Å². The largest absolute Gasteiger partial charge is 0.279 e. The summed E-state index contributed by atoms with van der Waals surface area (Å²) in [5, 5.41) is -0.875. The van der Waals surface area contributed by atoms with Gasteiger partial charge in [0, 0.05) is 5.02 Å². The molecule has 64 valence electrons. The highest BCUT2D eigenvalue weighted by Gasteiger charge is 2.14. The fourth-order valence-electron chi connectivity index (χ4n) is 0.795. The van der Waals surface area contributed by atoms with Crippen LogP contribution in [0.2, 0.25) is 5.02 Å². The predicted octanol–water partition coefficient (Wildman–Crippen LogP) is 3.39. The molecule has 1 aromatic carbocycles. The second kappa shape index (κ2) is 4.13. The maximum Gasteiger partial charge on any atom is 0.244 e. The summed E-state index contributed by atoms with van der Waals surface area (Å²) < 4.78 is 0. The normalized spacial score (nSPS) is 12.6. The van der Waals surface area contributed by atoms with E-state index in [1.807, 2.05) is 0 Å². The van der Waals surface area contributed by atoms with Crippen LogP contribution in [-0.4, -0.2) is 5.24 Å². The summed E-state index contributed by atoms with van der Waals surface area (Å²) in [4.78, 5) is 10.6. The van der Waals surface area contributed by atoms with Gasteiger partial charge in [-0.05, 0) is 29.3 Å². The molecule has 1 atom stereocenters. The van der Waals surface area contributed by atoms with Gasteiger partial charge in [-0.15, -0.1) is 11.6 Å². The Morgan fingerprint density at radius 2 is 2.08 bits per heavy atom. The van der Waals surface area contributed by atoms with Crippen molar-refractivity contribution in [3.63, 3.8) is 0 Å². The summed E-state index contributed by atoms with van der Waals surface area (Å²) in [7, 11) is 0.